The summed E-state index contributed by atoms with van der Waals surface area (Å²) in [5.41, 5.74) is 0.0485. The van der Waals surface area contributed by atoms with Gasteiger partial charge in [0, 0.05) is 51.3 Å². The van der Waals surface area contributed by atoms with Gasteiger partial charge in [-0.2, -0.15) is 0 Å². The predicted octanol–water partition coefficient (Wildman–Crippen LogP) is 1.67. The molecule has 0 amide bonds. The minimum atomic E-state index is 0. The third kappa shape index (κ3) is 8.39. The number of rotatable bonds is 9. The Kier molecular flexibility index (Phi) is 12.1. The van der Waals surface area contributed by atoms with Gasteiger partial charge >= 0.3 is 0 Å². The van der Waals surface area contributed by atoms with Crippen LogP contribution in [0.5, 0.6) is 0 Å². The van der Waals surface area contributed by atoms with E-state index >= 15 is 0 Å². The van der Waals surface area contributed by atoms with Gasteiger partial charge in [0.2, 0.25) is 0 Å². The van der Waals surface area contributed by atoms with Crippen LogP contribution in [0.15, 0.2) is 4.99 Å². The standard InChI is InChI=1S/C19H38N4O3.HI/c1-5-20-18(21-16-19(2,3)23-8-10-25-11-9-23)22-7-6-17(14-22)15-26-13-12-24-4;/h17H,5-16H2,1-4H3,(H,20,21);1H. The molecule has 1 N–H and O–H groups in total. The van der Waals surface area contributed by atoms with Crippen LogP contribution in [-0.4, -0.2) is 101 Å². The second-order valence-corrected chi connectivity index (χ2v) is 7.75. The number of halogens is 1. The molecular formula is C19H39IN4O3. The SMILES string of the molecule is CCNC(=NCC(C)(C)N1CCOCC1)N1CCC(COCCOC)C1.I. The molecule has 0 saturated carbocycles. The quantitative estimate of drug-likeness (QED) is 0.226. The van der Waals surface area contributed by atoms with E-state index in [2.05, 4.69) is 35.9 Å². The molecule has 0 aliphatic carbocycles. The molecule has 0 aromatic carbocycles. The van der Waals surface area contributed by atoms with E-state index in [4.69, 9.17) is 19.2 Å². The smallest absolute Gasteiger partial charge is 0.193 e. The van der Waals surface area contributed by atoms with Gasteiger partial charge in [-0.05, 0) is 27.2 Å². The van der Waals surface area contributed by atoms with E-state index in [1.807, 2.05) is 0 Å². The molecular weight excluding hydrogens is 459 g/mol. The average Bonchev–Trinajstić information content (AvgIpc) is 3.12. The number of nitrogens with one attached hydrogen (secondary N) is 1. The van der Waals surface area contributed by atoms with E-state index in [0.717, 1.165) is 71.5 Å². The largest absolute Gasteiger partial charge is 0.382 e. The van der Waals surface area contributed by atoms with Crippen molar-refractivity contribution in [1.82, 2.24) is 15.1 Å². The lowest BCUT2D eigenvalue weighted by Gasteiger charge is -2.40. The molecule has 2 saturated heterocycles. The maximum Gasteiger partial charge on any atom is 0.193 e. The maximum absolute atomic E-state index is 5.71. The van der Waals surface area contributed by atoms with Crippen LogP contribution in [0.2, 0.25) is 0 Å². The normalized spacial score (nSPS) is 22.0. The van der Waals surface area contributed by atoms with E-state index in [-0.39, 0.29) is 29.5 Å². The van der Waals surface area contributed by atoms with Crippen LogP contribution in [-0.2, 0) is 14.2 Å². The molecule has 7 nitrogen and oxygen atoms in total. The molecule has 27 heavy (non-hydrogen) atoms. The van der Waals surface area contributed by atoms with Crippen molar-refractivity contribution >= 4 is 29.9 Å². The van der Waals surface area contributed by atoms with Crippen LogP contribution in [0.1, 0.15) is 27.2 Å². The molecule has 0 aromatic rings. The number of aliphatic imine (C=N–C) groups is 1. The van der Waals surface area contributed by atoms with Crippen molar-refractivity contribution in [2.75, 3.05) is 79.4 Å². The Morgan fingerprint density at radius 2 is 1.96 bits per heavy atom. The van der Waals surface area contributed by atoms with Crippen LogP contribution in [0, 0.1) is 5.92 Å². The summed E-state index contributed by atoms with van der Waals surface area (Å²) < 4.78 is 16.2. The summed E-state index contributed by atoms with van der Waals surface area (Å²) >= 11 is 0. The number of likely N-dealkylation sites (tertiary alicyclic amines) is 1. The van der Waals surface area contributed by atoms with Gasteiger partial charge in [0.15, 0.2) is 5.96 Å². The Morgan fingerprint density at radius 3 is 2.63 bits per heavy atom. The summed E-state index contributed by atoms with van der Waals surface area (Å²) in [5.74, 6) is 1.61. The second-order valence-electron chi connectivity index (χ2n) is 7.75. The number of hydrogen-bond donors (Lipinski definition) is 1. The molecule has 0 bridgehead atoms. The van der Waals surface area contributed by atoms with Gasteiger partial charge in [-0.1, -0.05) is 0 Å². The van der Waals surface area contributed by atoms with Crippen molar-refractivity contribution in [1.29, 1.82) is 0 Å². The lowest BCUT2D eigenvalue weighted by Crippen LogP contribution is -2.52. The number of nitrogens with zero attached hydrogens (tertiary/aromatic N) is 3. The Labute approximate surface area is 182 Å². The van der Waals surface area contributed by atoms with E-state index in [9.17, 15) is 0 Å². The summed E-state index contributed by atoms with van der Waals surface area (Å²) in [7, 11) is 1.71. The fourth-order valence-corrected chi connectivity index (χ4v) is 3.52. The number of guanidine groups is 1. The first-order valence-electron chi connectivity index (χ1n) is 9.99. The van der Waals surface area contributed by atoms with Gasteiger partial charge < -0.3 is 24.4 Å². The molecule has 2 fully saturated rings. The third-order valence-corrected chi connectivity index (χ3v) is 5.19. The minimum Gasteiger partial charge on any atom is -0.382 e. The zero-order valence-corrected chi connectivity index (χ0v) is 19.9. The van der Waals surface area contributed by atoms with Crippen LogP contribution < -0.4 is 5.32 Å². The highest BCUT2D eigenvalue weighted by molar-refractivity contribution is 14.0. The first-order chi connectivity index (χ1) is 12.6. The van der Waals surface area contributed by atoms with E-state index in [1.54, 1.807) is 7.11 Å². The molecule has 1 unspecified atom stereocenters. The van der Waals surface area contributed by atoms with Crippen molar-refractivity contribution in [3.05, 3.63) is 0 Å². The molecule has 0 radical (unpaired) electrons. The molecule has 160 valence electrons. The monoisotopic (exact) mass is 498 g/mol. The Morgan fingerprint density at radius 1 is 1.22 bits per heavy atom. The summed E-state index contributed by atoms with van der Waals surface area (Å²) in [6.45, 7) is 16.2. The zero-order valence-electron chi connectivity index (χ0n) is 17.5. The van der Waals surface area contributed by atoms with Gasteiger partial charge in [-0.25, -0.2) is 0 Å². The van der Waals surface area contributed by atoms with Crippen LogP contribution in [0.25, 0.3) is 0 Å². The molecule has 0 aromatic heterocycles. The number of methoxy groups -OCH3 is 1. The predicted molar refractivity (Wildman–Crippen MR) is 120 cm³/mol. The van der Waals surface area contributed by atoms with Gasteiger partial charge in [0.1, 0.15) is 0 Å². The van der Waals surface area contributed by atoms with E-state index in [0.29, 0.717) is 19.1 Å². The Balaban J connectivity index is 0.00000364. The maximum atomic E-state index is 5.71. The first-order valence-corrected chi connectivity index (χ1v) is 9.99. The van der Waals surface area contributed by atoms with Gasteiger partial charge in [-0.3, -0.25) is 9.89 Å². The van der Waals surface area contributed by atoms with Gasteiger partial charge in [0.05, 0.1) is 39.6 Å². The molecule has 2 aliphatic rings. The first kappa shape index (κ1) is 24.9. The molecule has 8 heteroatoms. The van der Waals surface area contributed by atoms with Crippen LogP contribution in [0.4, 0.5) is 0 Å². The van der Waals surface area contributed by atoms with Crippen LogP contribution >= 0.6 is 24.0 Å². The number of morpholine rings is 1. The summed E-state index contributed by atoms with van der Waals surface area (Å²) in [4.78, 5) is 9.84. The van der Waals surface area contributed by atoms with E-state index in [1.165, 1.54) is 0 Å². The lowest BCUT2D eigenvalue weighted by molar-refractivity contribution is -0.00689. The molecule has 0 spiro atoms. The Hall–Kier alpha value is -0.160. The number of hydrogen-bond acceptors (Lipinski definition) is 5. The summed E-state index contributed by atoms with van der Waals surface area (Å²) in [6, 6.07) is 0. The van der Waals surface area contributed by atoms with Crippen molar-refractivity contribution in [2.24, 2.45) is 10.9 Å². The van der Waals surface area contributed by atoms with Crippen molar-refractivity contribution in [3.8, 4) is 0 Å². The zero-order chi connectivity index (χ0) is 18.8. The van der Waals surface area contributed by atoms with Crippen molar-refractivity contribution in [3.63, 3.8) is 0 Å². The van der Waals surface area contributed by atoms with Crippen molar-refractivity contribution < 1.29 is 14.2 Å². The molecule has 2 heterocycles. The fraction of sp³-hybridized carbons (Fsp3) is 0.947. The summed E-state index contributed by atoms with van der Waals surface area (Å²) in [5, 5.41) is 3.47. The topological polar surface area (TPSA) is 58.6 Å². The fourth-order valence-electron chi connectivity index (χ4n) is 3.52. The highest BCUT2D eigenvalue weighted by Crippen LogP contribution is 2.19. The lowest BCUT2D eigenvalue weighted by atomic mass is 10.0. The number of ether oxygens (including phenoxy) is 3. The Bertz CT molecular complexity index is 431. The van der Waals surface area contributed by atoms with Crippen molar-refractivity contribution in [2.45, 2.75) is 32.7 Å². The highest BCUT2D eigenvalue weighted by atomic mass is 127. The average molecular weight is 498 g/mol. The highest BCUT2D eigenvalue weighted by Gasteiger charge is 2.29. The molecule has 1 atom stereocenters. The summed E-state index contributed by atoms with van der Waals surface area (Å²) in [6.07, 6.45) is 1.16. The van der Waals surface area contributed by atoms with Gasteiger partial charge in [0.25, 0.3) is 0 Å². The van der Waals surface area contributed by atoms with Gasteiger partial charge in [-0.15, -0.1) is 24.0 Å². The minimum absolute atomic E-state index is 0. The van der Waals surface area contributed by atoms with E-state index < -0.39 is 0 Å². The third-order valence-electron chi connectivity index (χ3n) is 5.19. The van der Waals surface area contributed by atoms with Crippen LogP contribution in [0.3, 0.4) is 0 Å². The molecule has 2 rings (SSSR count). The molecule has 2 aliphatic heterocycles. The second kappa shape index (κ2) is 13.1.